The van der Waals surface area contributed by atoms with Crippen LogP contribution < -0.4 is 0 Å². The molecule has 0 unspecified atom stereocenters. The fourth-order valence-corrected chi connectivity index (χ4v) is 22.3. The average Bonchev–Trinajstić information content (AvgIpc) is 1.33. The molecule has 0 N–H and O–H groups in total. The maximum atomic E-state index is 6.73. The highest BCUT2D eigenvalue weighted by atomic mass is 16.3. The summed E-state index contributed by atoms with van der Waals surface area (Å²) in [5.41, 5.74) is 31.3. The van der Waals surface area contributed by atoms with Crippen molar-refractivity contribution >= 4 is 163 Å². The zero-order chi connectivity index (χ0) is 91.7. The number of furan rings is 3. The van der Waals surface area contributed by atoms with Crippen LogP contribution in [0.15, 0.2) is 468 Å². The van der Waals surface area contributed by atoms with Crippen molar-refractivity contribution in [2.45, 2.75) is 52.9 Å². The summed E-state index contributed by atoms with van der Waals surface area (Å²) in [5, 5.41) is 29.6. The van der Waals surface area contributed by atoms with Gasteiger partial charge in [-0.25, -0.2) is 0 Å². The van der Waals surface area contributed by atoms with Crippen molar-refractivity contribution in [2.24, 2.45) is 0 Å². The Labute approximate surface area is 795 Å². The summed E-state index contributed by atoms with van der Waals surface area (Å²) in [6.07, 6.45) is 0. The SMILES string of the molecule is CC(C)(C)c1ccc2cc(-c3cccc(-c4c5ccccc5c(-c5ccccc5)c5ccccc45)c3)c3oc4ccccc4c3c2c1.CC(C)c1ccc2oc3c(-c4cccc(-c5c6ccccc6c(-c6ccccc6)c6ccccc56)c4)cc4ccccc4c3c2c1.Cc1c(-c2cccc(-c3c4ccccc4c(-c4ccccc4)c4ccccc34)c2)c2oc3ccccc3c2c2ccccc12. The lowest BCUT2D eigenvalue weighted by atomic mass is 9.84. The third-order valence-electron chi connectivity index (χ3n) is 28.6. The third-order valence-corrected chi connectivity index (χ3v) is 28.6. The fourth-order valence-electron chi connectivity index (χ4n) is 22.3. The predicted octanol–water partition coefficient (Wildman–Crippen LogP) is 38.9. The van der Waals surface area contributed by atoms with Gasteiger partial charge in [0.15, 0.2) is 0 Å². The molecule has 0 amide bonds. The maximum Gasteiger partial charge on any atom is 0.144 e. The Morgan fingerprint density at radius 1 is 0.190 bits per heavy atom. The number of hydrogen-bond acceptors (Lipinski definition) is 3. The number of para-hydroxylation sites is 2. The lowest BCUT2D eigenvalue weighted by molar-refractivity contribution is 0.591. The van der Waals surface area contributed by atoms with Gasteiger partial charge in [0, 0.05) is 49.0 Å². The van der Waals surface area contributed by atoms with Crippen LogP contribution in [0.5, 0.6) is 0 Å². The number of hydrogen-bond donors (Lipinski definition) is 0. The first-order valence-electron chi connectivity index (χ1n) is 47.8. The van der Waals surface area contributed by atoms with Gasteiger partial charge >= 0.3 is 0 Å². The van der Waals surface area contributed by atoms with E-state index in [0.29, 0.717) is 5.92 Å². The summed E-state index contributed by atoms with van der Waals surface area (Å²) >= 11 is 0. The van der Waals surface area contributed by atoms with Gasteiger partial charge in [0.1, 0.15) is 33.5 Å². The Hall–Kier alpha value is -17.0. The number of aryl methyl sites for hydroxylation is 1. The van der Waals surface area contributed by atoms with E-state index in [2.05, 4.69) is 497 Å². The van der Waals surface area contributed by atoms with Gasteiger partial charge in [-0.05, 0) is 276 Å². The van der Waals surface area contributed by atoms with Crippen LogP contribution in [-0.2, 0) is 5.41 Å². The van der Waals surface area contributed by atoms with E-state index in [9.17, 15) is 0 Å². The molecule has 0 radical (unpaired) electrons. The molecule has 0 saturated heterocycles. The van der Waals surface area contributed by atoms with Crippen LogP contribution >= 0.6 is 0 Å². The molecule has 0 saturated carbocycles. The quantitative estimate of drug-likeness (QED) is 0.128. The van der Waals surface area contributed by atoms with E-state index in [-0.39, 0.29) is 5.41 Å². The molecule has 0 aliphatic rings. The summed E-state index contributed by atoms with van der Waals surface area (Å²) < 4.78 is 20.1. The van der Waals surface area contributed by atoms with Crippen molar-refractivity contribution in [1.29, 1.82) is 0 Å². The first kappa shape index (κ1) is 82.0. The highest BCUT2D eigenvalue weighted by molar-refractivity contribution is 6.29. The van der Waals surface area contributed by atoms with Crippen molar-refractivity contribution in [1.82, 2.24) is 0 Å². The summed E-state index contributed by atoms with van der Waals surface area (Å²) in [7, 11) is 0. The van der Waals surface area contributed by atoms with Gasteiger partial charge in [0.05, 0.1) is 0 Å². The monoisotopic (exact) mass is 1750 g/mol. The molecule has 0 atom stereocenters. The van der Waals surface area contributed by atoms with Gasteiger partial charge < -0.3 is 13.3 Å². The van der Waals surface area contributed by atoms with Gasteiger partial charge in [-0.1, -0.05) is 429 Å². The van der Waals surface area contributed by atoms with Crippen LogP contribution in [0, 0.1) is 6.92 Å². The Bertz CT molecular complexity index is 9380. The Morgan fingerprint density at radius 3 is 0.869 bits per heavy atom. The van der Waals surface area contributed by atoms with Gasteiger partial charge in [-0.2, -0.15) is 0 Å². The van der Waals surface area contributed by atoms with E-state index in [0.717, 1.165) is 77.7 Å². The summed E-state index contributed by atoms with van der Waals surface area (Å²) in [4.78, 5) is 0. The molecule has 0 aliphatic heterocycles. The Balaban J connectivity index is 0.000000109. The van der Waals surface area contributed by atoms with Gasteiger partial charge in [0.2, 0.25) is 0 Å². The molecule has 0 bridgehead atoms. The first-order valence-corrected chi connectivity index (χ1v) is 47.8. The third kappa shape index (κ3) is 13.9. The molecule has 3 aromatic heterocycles. The number of benzene rings is 24. The van der Waals surface area contributed by atoms with Crippen LogP contribution in [0.1, 0.15) is 57.2 Å². The van der Waals surface area contributed by atoms with E-state index in [1.54, 1.807) is 0 Å². The van der Waals surface area contributed by atoms with Crippen molar-refractivity contribution in [2.75, 3.05) is 0 Å². The van der Waals surface area contributed by atoms with E-state index >= 15 is 0 Å². The van der Waals surface area contributed by atoms with Crippen LogP contribution in [0.4, 0.5) is 0 Å². The molecule has 24 aromatic carbocycles. The molecular formula is C134H94O3. The molecule has 27 rings (SSSR count). The van der Waals surface area contributed by atoms with Crippen LogP contribution in [0.3, 0.4) is 0 Å². The Kier molecular flexibility index (Phi) is 19.9. The Morgan fingerprint density at radius 2 is 0.474 bits per heavy atom. The molecule has 137 heavy (non-hydrogen) atoms. The molecule has 3 nitrogen and oxygen atoms in total. The normalized spacial score (nSPS) is 11.9. The maximum absolute atomic E-state index is 6.73. The molecule has 0 fully saturated rings. The smallest absolute Gasteiger partial charge is 0.144 e. The second kappa shape index (κ2) is 33.3. The highest BCUT2D eigenvalue weighted by Crippen LogP contribution is 2.53. The summed E-state index contributed by atoms with van der Waals surface area (Å²) in [6, 6.07) is 165. The summed E-state index contributed by atoms with van der Waals surface area (Å²) in [6.45, 7) is 13.6. The van der Waals surface area contributed by atoms with Gasteiger partial charge in [-0.3, -0.25) is 0 Å². The van der Waals surface area contributed by atoms with Crippen molar-refractivity contribution in [3.8, 4) is 100 Å². The zero-order valence-electron chi connectivity index (χ0n) is 77.1. The van der Waals surface area contributed by atoms with Crippen molar-refractivity contribution in [3.05, 3.63) is 472 Å². The van der Waals surface area contributed by atoms with Crippen LogP contribution in [0.25, 0.3) is 263 Å². The molecule has 3 heteroatoms. The second-order valence-corrected chi connectivity index (χ2v) is 38.0. The predicted molar refractivity (Wildman–Crippen MR) is 585 cm³/mol. The zero-order valence-corrected chi connectivity index (χ0v) is 77.1. The average molecular weight is 1750 g/mol. The molecule has 0 aliphatic carbocycles. The minimum absolute atomic E-state index is 0.0503. The minimum Gasteiger partial charge on any atom is -0.455 e. The fraction of sp³-hybridized carbons (Fsp3) is 0.0597. The molecule has 3 heterocycles. The molecule has 27 aromatic rings. The van der Waals surface area contributed by atoms with Crippen molar-refractivity contribution in [3.63, 3.8) is 0 Å². The lowest BCUT2D eigenvalue weighted by Gasteiger charge is -2.20. The largest absolute Gasteiger partial charge is 0.455 e. The lowest BCUT2D eigenvalue weighted by Crippen LogP contribution is -2.10. The van der Waals surface area contributed by atoms with E-state index in [1.807, 2.05) is 0 Å². The van der Waals surface area contributed by atoms with E-state index < -0.39 is 0 Å². The topological polar surface area (TPSA) is 39.4 Å². The molecule has 0 spiro atoms. The standard InChI is InChI=1S/C46H34O.C45H32O.C43H28O/c1-46(2,3)33-25-24-31-27-40(45-44(39(31)28-33)38-22-11-12-23-41(38)47-45)30-16-13-17-32(26-30)43-36-20-9-7-18-34(36)42(29-14-5-4-6-15-29)35-19-8-10-21-37(35)43;1-28(2)30-23-24-41-40(26-30)44-34-18-7-6-15-32(34)27-39(45(44)46-41)31-16-12-17-33(25-31)43-37-21-10-8-19-35(37)42(29-13-4-3-5-14-29)36-20-9-11-22-38(36)43;1-27-31-18-5-6-19-32(31)42-37-24-11-12-25-38(37)44-43(42)39(27)29-16-13-17-30(26-29)41-35-22-9-7-20-33(35)40(28-14-3-2-4-15-28)34-21-8-10-23-36(34)41/h4-28H,1-3H3;3-28H,1-2H3;2-26H,1H3. The van der Waals surface area contributed by atoms with Crippen LogP contribution in [0.2, 0.25) is 0 Å². The first-order chi connectivity index (χ1) is 67.4. The van der Waals surface area contributed by atoms with Gasteiger partial charge in [0.25, 0.3) is 0 Å². The molecular weight excluding hydrogens is 1660 g/mol. The van der Waals surface area contributed by atoms with Crippen LogP contribution in [-0.4, -0.2) is 0 Å². The number of rotatable bonds is 10. The summed E-state index contributed by atoms with van der Waals surface area (Å²) in [5.74, 6) is 0.443. The van der Waals surface area contributed by atoms with Gasteiger partial charge in [-0.15, -0.1) is 0 Å². The number of fused-ring (bicyclic) bond motifs is 21. The molecule has 648 valence electrons. The second-order valence-electron chi connectivity index (χ2n) is 38.0. The van der Waals surface area contributed by atoms with E-state index in [1.165, 1.54) is 202 Å². The van der Waals surface area contributed by atoms with E-state index in [4.69, 9.17) is 13.3 Å². The highest BCUT2D eigenvalue weighted by Gasteiger charge is 2.28. The van der Waals surface area contributed by atoms with Crippen molar-refractivity contribution < 1.29 is 13.3 Å². The minimum atomic E-state index is 0.0503.